The van der Waals surface area contributed by atoms with Gasteiger partial charge in [-0.25, -0.2) is 0 Å². The molecule has 0 aromatic heterocycles. The predicted molar refractivity (Wildman–Crippen MR) is 196 cm³/mol. The summed E-state index contributed by atoms with van der Waals surface area (Å²) in [4.78, 5) is 0. The molecule has 0 spiro atoms. The molecular formula is C42H58O4. The molecule has 4 nitrogen and oxygen atoms in total. The van der Waals surface area contributed by atoms with Crippen molar-refractivity contribution >= 4 is 0 Å². The number of ether oxygens (including phenoxy) is 1. The van der Waals surface area contributed by atoms with Crippen molar-refractivity contribution in [1.82, 2.24) is 0 Å². The van der Waals surface area contributed by atoms with E-state index in [4.69, 9.17) is 4.74 Å². The average Bonchev–Trinajstić information content (AvgIpc) is 2.99. The highest BCUT2D eigenvalue weighted by Crippen LogP contribution is 2.45. The zero-order chi connectivity index (χ0) is 34.5. The minimum absolute atomic E-state index is 0.0523. The summed E-state index contributed by atoms with van der Waals surface area (Å²) in [6.07, 6.45) is 20.4. The zero-order valence-electron chi connectivity index (χ0n) is 29.7. The maximum Gasteiger partial charge on any atom is 0.201 e. The van der Waals surface area contributed by atoms with Gasteiger partial charge in [-0.3, -0.25) is 0 Å². The zero-order valence-corrected chi connectivity index (χ0v) is 29.7. The fourth-order valence-corrected chi connectivity index (χ4v) is 5.42. The van der Waals surface area contributed by atoms with Crippen molar-refractivity contribution in [3.63, 3.8) is 0 Å². The lowest BCUT2D eigenvalue weighted by Gasteiger charge is -2.28. The van der Waals surface area contributed by atoms with Crippen molar-refractivity contribution in [2.24, 2.45) is 0 Å². The van der Waals surface area contributed by atoms with Crippen LogP contribution >= 0.6 is 0 Å². The third kappa shape index (κ3) is 11.5. The molecule has 250 valence electrons. The summed E-state index contributed by atoms with van der Waals surface area (Å²) in [6, 6.07) is 8.60. The van der Waals surface area contributed by atoms with Gasteiger partial charge in [-0.05, 0) is 128 Å². The molecule has 2 rings (SSSR count). The van der Waals surface area contributed by atoms with E-state index in [0.717, 1.165) is 62.5 Å². The molecule has 4 heteroatoms. The number of phenols is 3. The fraction of sp³-hybridized carbons (Fsp3) is 0.429. The van der Waals surface area contributed by atoms with Gasteiger partial charge < -0.3 is 20.1 Å². The first-order valence-electron chi connectivity index (χ1n) is 16.6. The molecule has 0 aliphatic rings. The van der Waals surface area contributed by atoms with Gasteiger partial charge in [0.25, 0.3) is 0 Å². The summed E-state index contributed by atoms with van der Waals surface area (Å²) in [7, 11) is 0. The number of allylic oxidation sites excluding steroid dienone is 10. The van der Waals surface area contributed by atoms with E-state index in [1.165, 1.54) is 22.3 Å². The van der Waals surface area contributed by atoms with Crippen LogP contribution in [0, 0.1) is 0 Å². The van der Waals surface area contributed by atoms with Gasteiger partial charge in [0.2, 0.25) is 5.75 Å². The van der Waals surface area contributed by atoms with Crippen LogP contribution in [0.25, 0.3) is 0 Å². The summed E-state index contributed by atoms with van der Waals surface area (Å²) < 4.78 is 6.02. The Bertz CT molecular complexity index is 1460. The Morgan fingerprint density at radius 3 is 1.57 bits per heavy atom. The maximum absolute atomic E-state index is 11.0. The third-order valence-electron chi connectivity index (χ3n) is 8.95. The second-order valence-corrected chi connectivity index (χ2v) is 13.7. The van der Waals surface area contributed by atoms with Gasteiger partial charge in [0, 0.05) is 10.8 Å². The van der Waals surface area contributed by atoms with Gasteiger partial charge >= 0.3 is 0 Å². The molecule has 0 saturated heterocycles. The van der Waals surface area contributed by atoms with Crippen LogP contribution in [0.4, 0.5) is 0 Å². The van der Waals surface area contributed by atoms with Crippen LogP contribution < -0.4 is 4.74 Å². The molecule has 0 amide bonds. The molecule has 3 N–H and O–H groups in total. The number of benzene rings is 2. The predicted octanol–water partition coefficient (Wildman–Crippen LogP) is 12.4. The second-order valence-electron chi connectivity index (χ2n) is 13.7. The normalized spacial score (nSPS) is 14.5. The molecule has 0 aliphatic carbocycles. The number of phenolic OH excluding ortho intramolecular Hbond substituents is 3. The molecule has 46 heavy (non-hydrogen) atoms. The van der Waals surface area contributed by atoms with Gasteiger partial charge in [0.15, 0.2) is 23.0 Å². The van der Waals surface area contributed by atoms with E-state index in [2.05, 4.69) is 92.9 Å². The van der Waals surface area contributed by atoms with Crippen molar-refractivity contribution in [3.8, 4) is 28.7 Å². The highest BCUT2D eigenvalue weighted by molar-refractivity contribution is 5.57. The van der Waals surface area contributed by atoms with Gasteiger partial charge in [-0.15, -0.1) is 13.2 Å². The average molecular weight is 627 g/mol. The van der Waals surface area contributed by atoms with E-state index in [-0.39, 0.29) is 34.2 Å². The number of rotatable bonds is 18. The monoisotopic (exact) mass is 626 g/mol. The van der Waals surface area contributed by atoms with Crippen molar-refractivity contribution < 1.29 is 20.1 Å². The van der Waals surface area contributed by atoms with E-state index >= 15 is 0 Å². The molecule has 2 aromatic rings. The molecule has 2 atom stereocenters. The highest BCUT2D eigenvalue weighted by Gasteiger charge is 2.27. The SMILES string of the molecule is C=CC(C)(CCC=C(C)CCC=C(C)C)c1ccc(Oc2cc(C(C)(C=C)CCC=C(C)CCC=C(C)C)cc(O)c2O)c(O)c1. The Morgan fingerprint density at radius 2 is 1.11 bits per heavy atom. The van der Waals surface area contributed by atoms with E-state index in [1.54, 1.807) is 24.3 Å². The first-order valence-corrected chi connectivity index (χ1v) is 16.6. The third-order valence-corrected chi connectivity index (χ3v) is 8.95. The lowest BCUT2D eigenvalue weighted by molar-refractivity contribution is 0.359. The Morgan fingerprint density at radius 1 is 0.630 bits per heavy atom. The van der Waals surface area contributed by atoms with Crippen LogP contribution in [0.3, 0.4) is 0 Å². The summed E-state index contributed by atoms with van der Waals surface area (Å²) in [6.45, 7) is 25.2. The van der Waals surface area contributed by atoms with Gasteiger partial charge in [0.05, 0.1) is 0 Å². The molecular weight excluding hydrogens is 568 g/mol. The quantitative estimate of drug-likeness (QED) is 0.114. The topological polar surface area (TPSA) is 69.9 Å². The molecule has 0 saturated carbocycles. The summed E-state index contributed by atoms with van der Waals surface area (Å²) in [5.74, 6) is -0.458. The number of aromatic hydroxyl groups is 3. The van der Waals surface area contributed by atoms with Crippen molar-refractivity contribution in [2.75, 3.05) is 0 Å². The molecule has 0 bridgehead atoms. The van der Waals surface area contributed by atoms with Crippen molar-refractivity contribution in [3.05, 3.63) is 113 Å². The number of hydrogen-bond acceptors (Lipinski definition) is 4. The molecule has 2 unspecified atom stereocenters. The van der Waals surface area contributed by atoms with Gasteiger partial charge in [-0.1, -0.05) is 78.7 Å². The first kappa shape index (κ1) is 38.3. The maximum atomic E-state index is 11.0. The van der Waals surface area contributed by atoms with Gasteiger partial charge in [0.1, 0.15) is 0 Å². The second kappa shape index (κ2) is 17.7. The van der Waals surface area contributed by atoms with Crippen LogP contribution in [-0.2, 0) is 10.8 Å². The smallest absolute Gasteiger partial charge is 0.201 e. The number of hydrogen-bond donors (Lipinski definition) is 3. The van der Waals surface area contributed by atoms with Crippen LogP contribution in [-0.4, -0.2) is 15.3 Å². The summed E-state index contributed by atoms with van der Waals surface area (Å²) in [5.41, 5.74) is 6.25. The first-order chi connectivity index (χ1) is 21.6. The minimum atomic E-state index is -0.476. The van der Waals surface area contributed by atoms with Crippen LogP contribution in [0.5, 0.6) is 28.7 Å². The lowest BCUT2D eigenvalue weighted by Crippen LogP contribution is -2.18. The fourth-order valence-electron chi connectivity index (χ4n) is 5.42. The molecule has 0 heterocycles. The molecule has 0 fully saturated rings. The van der Waals surface area contributed by atoms with E-state index in [1.807, 2.05) is 18.2 Å². The van der Waals surface area contributed by atoms with Crippen LogP contribution in [0.15, 0.2) is 102 Å². The Labute approximate surface area is 279 Å². The van der Waals surface area contributed by atoms with E-state index in [9.17, 15) is 15.3 Å². The lowest BCUT2D eigenvalue weighted by atomic mass is 9.78. The summed E-state index contributed by atoms with van der Waals surface area (Å²) >= 11 is 0. The Kier molecular flexibility index (Phi) is 14.7. The van der Waals surface area contributed by atoms with Gasteiger partial charge in [-0.2, -0.15) is 0 Å². The van der Waals surface area contributed by atoms with Crippen LogP contribution in [0.2, 0.25) is 0 Å². The molecule has 2 aromatic carbocycles. The Hall–Kier alpha value is -3.92. The Balaban J connectivity index is 2.23. The minimum Gasteiger partial charge on any atom is -0.504 e. The largest absolute Gasteiger partial charge is 0.504 e. The molecule has 0 aliphatic heterocycles. The standard InChI is InChI=1S/C42H58O4/c1-11-41(9,25-15-21-32(7)19-13-17-30(3)4)34-23-24-38(36(43)27-34)46-39-29-35(28-37(44)40(39)45)42(10,12-2)26-16-22-33(8)20-14-18-31(5)6/h11-12,17-18,21-24,27-29,43-45H,1-2,13-16,19-20,25-26H2,3-10H3. The van der Waals surface area contributed by atoms with E-state index < -0.39 is 5.41 Å². The van der Waals surface area contributed by atoms with Crippen molar-refractivity contribution in [1.29, 1.82) is 0 Å². The van der Waals surface area contributed by atoms with Crippen molar-refractivity contribution in [2.45, 2.75) is 118 Å². The van der Waals surface area contributed by atoms with Crippen LogP contribution in [0.1, 0.15) is 118 Å². The molecule has 0 radical (unpaired) electrons. The highest BCUT2D eigenvalue weighted by atomic mass is 16.5. The summed E-state index contributed by atoms with van der Waals surface area (Å²) in [5, 5.41) is 32.4. The van der Waals surface area contributed by atoms with E-state index in [0.29, 0.717) is 0 Å².